The number of hydrogen-bond donors (Lipinski definition) is 2. The van der Waals surface area contributed by atoms with Crippen LogP contribution in [0.3, 0.4) is 0 Å². The molecule has 82 valence electrons. The van der Waals surface area contributed by atoms with E-state index in [9.17, 15) is 9.90 Å². The Kier molecular flexibility index (Phi) is 2.99. The standard InChI is InChI=1S/C9H14N4O2/c1-5(9(2,3)15)7-11-4-12-8(13-7)6(10)14/h4-5,15H,1-3H3,(H2,10,14)/t5-/m1/s1. The van der Waals surface area contributed by atoms with Crippen molar-refractivity contribution in [2.24, 2.45) is 5.73 Å². The molecule has 0 radical (unpaired) electrons. The quantitative estimate of drug-likeness (QED) is 0.722. The molecule has 1 amide bonds. The molecule has 0 unspecified atom stereocenters. The van der Waals surface area contributed by atoms with E-state index in [-0.39, 0.29) is 11.7 Å². The van der Waals surface area contributed by atoms with Crippen LogP contribution >= 0.6 is 0 Å². The number of carbonyl (C=O) groups is 1. The van der Waals surface area contributed by atoms with Crippen molar-refractivity contribution in [1.82, 2.24) is 15.0 Å². The summed E-state index contributed by atoms with van der Waals surface area (Å²) in [4.78, 5) is 22.2. The van der Waals surface area contributed by atoms with Gasteiger partial charge in [-0.25, -0.2) is 15.0 Å². The van der Waals surface area contributed by atoms with Gasteiger partial charge in [-0.3, -0.25) is 4.79 Å². The Bertz CT molecular complexity index is 373. The predicted octanol–water partition coefficient (Wildman–Crippen LogP) is -0.155. The monoisotopic (exact) mass is 210 g/mol. The summed E-state index contributed by atoms with van der Waals surface area (Å²) in [5.41, 5.74) is 4.08. The van der Waals surface area contributed by atoms with Gasteiger partial charge in [0, 0.05) is 5.92 Å². The number of carbonyl (C=O) groups excluding carboxylic acids is 1. The number of nitrogens with zero attached hydrogens (tertiary/aromatic N) is 3. The first-order valence-corrected chi connectivity index (χ1v) is 4.53. The van der Waals surface area contributed by atoms with Gasteiger partial charge < -0.3 is 10.8 Å². The van der Waals surface area contributed by atoms with Gasteiger partial charge in [-0.15, -0.1) is 0 Å². The third-order valence-corrected chi connectivity index (χ3v) is 2.26. The van der Waals surface area contributed by atoms with Gasteiger partial charge in [0.25, 0.3) is 5.91 Å². The molecule has 0 bridgehead atoms. The summed E-state index contributed by atoms with van der Waals surface area (Å²) in [6.45, 7) is 5.05. The molecule has 0 fully saturated rings. The van der Waals surface area contributed by atoms with Crippen LogP contribution in [0.15, 0.2) is 6.33 Å². The van der Waals surface area contributed by atoms with Gasteiger partial charge in [-0.05, 0) is 13.8 Å². The van der Waals surface area contributed by atoms with E-state index in [4.69, 9.17) is 5.73 Å². The summed E-state index contributed by atoms with van der Waals surface area (Å²) in [5.74, 6) is -0.748. The fraction of sp³-hybridized carbons (Fsp3) is 0.556. The Morgan fingerprint density at radius 3 is 2.60 bits per heavy atom. The molecule has 0 spiro atoms. The zero-order valence-electron chi connectivity index (χ0n) is 8.93. The van der Waals surface area contributed by atoms with Crippen molar-refractivity contribution in [2.45, 2.75) is 32.3 Å². The molecule has 0 aliphatic heterocycles. The highest BCUT2D eigenvalue weighted by molar-refractivity contribution is 5.88. The lowest BCUT2D eigenvalue weighted by atomic mass is 9.92. The maximum absolute atomic E-state index is 10.8. The molecule has 0 saturated heterocycles. The number of primary amides is 1. The van der Waals surface area contributed by atoms with Crippen LogP contribution in [0.1, 0.15) is 43.1 Å². The summed E-state index contributed by atoms with van der Waals surface area (Å²) >= 11 is 0. The molecular formula is C9H14N4O2. The lowest BCUT2D eigenvalue weighted by Gasteiger charge is -2.24. The Labute approximate surface area is 87.6 Å². The van der Waals surface area contributed by atoms with Crippen molar-refractivity contribution in [3.63, 3.8) is 0 Å². The zero-order valence-corrected chi connectivity index (χ0v) is 8.93. The molecular weight excluding hydrogens is 196 g/mol. The molecule has 6 nitrogen and oxygen atoms in total. The molecule has 3 N–H and O–H groups in total. The summed E-state index contributed by atoms with van der Waals surface area (Å²) < 4.78 is 0. The topological polar surface area (TPSA) is 102 Å². The largest absolute Gasteiger partial charge is 0.390 e. The first kappa shape index (κ1) is 11.5. The van der Waals surface area contributed by atoms with E-state index in [0.717, 1.165) is 0 Å². The highest BCUT2D eigenvalue weighted by Crippen LogP contribution is 2.23. The average molecular weight is 210 g/mol. The summed E-state index contributed by atoms with van der Waals surface area (Å²) in [6, 6.07) is 0. The van der Waals surface area contributed by atoms with E-state index in [2.05, 4.69) is 15.0 Å². The number of aromatic nitrogens is 3. The second-order valence-corrected chi connectivity index (χ2v) is 3.91. The maximum atomic E-state index is 10.8. The van der Waals surface area contributed by atoms with Crippen LogP contribution in [0, 0.1) is 0 Å². The highest BCUT2D eigenvalue weighted by Gasteiger charge is 2.26. The highest BCUT2D eigenvalue weighted by atomic mass is 16.3. The molecule has 1 rings (SSSR count). The fourth-order valence-electron chi connectivity index (χ4n) is 0.952. The molecule has 1 heterocycles. The van der Waals surface area contributed by atoms with Gasteiger partial charge in [0.05, 0.1) is 5.60 Å². The minimum Gasteiger partial charge on any atom is -0.390 e. The Hall–Kier alpha value is -1.56. The van der Waals surface area contributed by atoms with Crippen LogP contribution < -0.4 is 5.73 Å². The van der Waals surface area contributed by atoms with Crippen LogP contribution in [0.5, 0.6) is 0 Å². The van der Waals surface area contributed by atoms with Gasteiger partial charge in [-0.1, -0.05) is 6.92 Å². The normalized spacial score (nSPS) is 13.6. The number of hydrogen-bond acceptors (Lipinski definition) is 5. The van der Waals surface area contributed by atoms with Gasteiger partial charge >= 0.3 is 0 Å². The van der Waals surface area contributed by atoms with Crippen LogP contribution in [0.25, 0.3) is 0 Å². The van der Waals surface area contributed by atoms with Crippen molar-refractivity contribution >= 4 is 5.91 Å². The summed E-state index contributed by atoms with van der Waals surface area (Å²) in [7, 11) is 0. The van der Waals surface area contributed by atoms with E-state index >= 15 is 0 Å². The summed E-state index contributed by atoms with van der Waals surface area (Å²) in [5, 5.41) is 9.75. The number of aliphatic hydroxyl groups is 1. The van der Waals surface area contributed by atoms with Gasteiger partial charge in [0.15, 0.2) is 0 Å². The van der Waals surface area contributed by atoms with E-state index in [1.807, 2.05) is 0 Å². The van der Waals surface area contributed by atoms with Gasteiger partial charge in [0.1, 0.15) is 12.2 Å². The lowest BCUT2D eigenvalue weighted by Crippen LogP contribution is -2.29. The fourth-order valence-corrected chi connectivity index (χ4v) is 0.952. The van der Waals surface area contributed by atoms with Crippen LogP contribution in [0.2, 0.25) is 0 Å². The molecule has 0 aliphatic rings. The van der Waals surface area contributed by atoms with Crippen LogP contribution in [-0.2, 0) is 0 Å². The molecule has 0 aromatic carbocycles. The smallest absolute Gasteiger partial charge is 0.286 e. The number of nitrogens with two attached hydrogens (primary N) is 1. The second kappa shape index (κ2) is 3.90. The van der Waals surface area contributed by atoms with E-state index in [1.165, 1.54) is 6.33 Å². The first-order chi connectivity index (χ1) is 6.82. The van der Waals surface area contributed by atoms with E-state index < -0.39 is 11.5 Å². The summed E-state index contributed by atoms with van der Waals surface area (Å²) in [6.07, 6.45) is 1.21. The minimum atomic E-state index is -0.962. The average Bonchev–Trinajstić information content (AvgIpc) is 2.15. The molecule has 1 aromatic heterocycles. The van der Waals surface area contributed by atoms with Gasteiger partial charge in [-0.2, -0.15) is 0 Å². The van der Waals surface area contributed by atoms with Crippen molar-refractivity contribution in [2.75, 3.05) is 0 Å². The third-order valence-electron chi connectivity index (χ3n) is 2.26. The second-order valence-electron chi connectivity index (χ2n) is 3.91. The lowest BCUT2D eigenvalue weighted by molar-refractivity contribution is 0.0527. The molecule has 6 heteroatoms. The Morgan fingerprint density at radius 1 is 1.53 bits per heavy atom. The third kappa shape index (κ3) is 2.69. The Morgan fingerprint density at radius 2 is 2.13 bits per heavy atom. The molecule has 1 atom stereocenters. The van der Waals surface area contributed by atoms with Crippen molar-refractivity contribution in [1.29, 1.82) is 0 Å². The van der Waals surface area contributed by atoms with Gasteiger partial charge in [0.2, 0.25) is 5.82 Å². The van der Waals surface area contributed by atoms with E-state index in [0.29, 0.717) is 5.82 Å². The van der Waals surface area contributed by atoms with Crippen molar-refractivity contribution in [3.8, 4) is 0 Å². The van der Waals surface area contributed by atoms with Crippen molar-refractivity contribution in [3.05, 3.63) is 18.0 Å². The SMILES string of the molecule is C[C@H](c1ncnc(C(N)=O)n1)C(C)(C)O. The van der Waals surface area contributed by atoms with Crippen LogP contribution in [-0.4, -0.2) is 31.6 Å². The minimum absolute atomic E-state index is 0.0869. The maximum Gasteiger partial charge on any atom is 0.286 e. The first-order valence-electron chi connectivity index (χ1n) is 4.53. The number of amides is 1. The zero-order chi connectivity index (χ0) is 11.6. The number of rotatable bonds is 3. The molecule has 15 heavy (non-hydrogen) atoms. The Balaban J connectivity index is 3.06. The van der Waals surface area contributed by atoms with Crippen molar-refractivity contribution < 1.29 is 9.90 Å². The molecule has 0 saturated carbocycles. The van der Waals surface area contributed by atoms with Crippen LogP contribution in [0.4, 0.5) is 0 Å². The molecule has 1 aromatic rings. The molecule has 0 aliphatic carbocycles. The van der Waals surface area contributed by atoms with E-state index in [1.54, 1.807) is 20.8 Å². The predicted molar refractivity (Wildman–Crippen MR) is 53.1 cm³/mol.